The second kappa shape index (κ2) is 5.63. The van der Waals surface area contributed by atoms with E-state index in [0.717, 1.165) is 19.4 Å². The van der Waals surface area contributed by atoms with Gasteiger partial charge in [-0.1, -0.05) is 0 Å². The van der Waals surface area contributed by atoms with Gasteiger partial charge in [0.15, 0.2) is 0 Å². The number of rotatable bonds is 5. The molecular weight excluding hydrogens is 236 g/mol. The Labute approximate surface area is 104 Å². The van der Waals surface area contributed by atoms with Crippen LogP contribution in [-0.4, -0.2) is 45.6 Å². The number of carboxylic acid groups (broad SMARTS) is 1. The van der Waals surface area contributed by atoms with Crippen molar-refractivity contribution in [2.45, 2.75) is 31.3 Å². The summed E-state index contributed by atoms with van der Waals surface area (Å²) in [6.45, 7) is 0.802. The van der Waals surface area contributed by atoms with Gasteiger partial charge in [-0.05, 0) is 19.4 Å². The van der Waals surface area contributed by atoms with Crippen LogP contribution in [-0.2, 0) is 16.0 Å². The van der Waals surface area contributed by atoms with E-state index in [1.165, 1.54) is 6.33 Å². The standard InChI is InChI=1S/C11H16N4O3/c16-10(8-2-1-3-13-8)15-9(11(17)18)4-7-5-12-6-14-7/h5-6,8-9,13H,1-4H2,(H,12,14)(H,15,16)(H,17,18)/t8-,9+/m0/s1. The average Bonchev–Trinajstić information content (AvgIpc) is 3.00. The zero-order valence-corrected chi connectivity index (χ0v) is 9.85. The fourth-order valence-corrected chi connectivity index (χ4v) is 2.00. The molecular formula is C11H16N4O3. The summed E-state index contributed by atoms with van der Waals surface area (Å²) in [5, 5.41) is 14.7. The summed E-state index contributed by atoms with van der Waals surface area (Å²) in [5.74, 6) is -1.30. The quantitative estimate of drug-likeness (QED) is 0.553. The Morgan fingerprint density at radius 3 is 3.00 bits per heavy atom. The highest BCUT2D eigenvalue weighted by molar-refractivity contribution is 5.87. The molecule has 1 aliphatic heterocycles. The number of hydrogen-bond acceptors (Lipinski definition) is 4. The van der Waals surface area contributed by atoms with E-state index in [2.05, 4.69) is 20.6 Å². The number of aliphatic carboxylic acids is 1. The Kier molecular flexibility index (Phi) is 3.93. The van der Waals surface area contributed by atoms with Crippen molar-refractivity contribution >= 4 is 11.9 Å². The van der Waals surface area contributed by atoms with Crippen LogP contribution in [0.5, 0.6) is 0 Å². The number of H-pyrrole nitrogens is 1. The maximum atomic E-state index is 11.8. The van der Waals surface area contributed by atoms with E-state index in [0.29, 0.717) is 5.69 Å². The van der Waals surface area contributed by atoms with Crippen molar-refractivity contribution in [2.24, 2.45) is 0 Å². The van der Waals surface area contributed by atoms with E-state index in [1.54, 1.807) is 6.20 Å². The van der Waals surface area contributed by atoms with E-state index < -0.39 is 12.0 Å². The number of carbonyl (C=O) groups excluding carboxylic acids is 1. The third-order valence-corrected chi connectivity index (χ3v) is 2.97. The lowest BCUT2D eigenvalue weighted by Crippen LogP contribution is -2.49. The van der Waals surface area contributed by atoms with Crippen LogP contribution < -0.4 is 10.6 Å². The second-order valence-corrected chi connectivity index (χ2v) is 4.33. The Morgan fingerprint density at radius 1 is 1.61 bits per heavy atom. The molecule has 2 atom stereocenters. The van der Waals surface area contributed by atoms with Crippen LogP contribution in [0.3, 0.4) is 0 Å². The van der Waals surface area contributed by atoms with E-state index in [-0.39, 0.29) is 18.4 Å². The van der Waals surface area contributed by atoms with Crippen LogP contribution in [0.15, 0.2) is 12.5 Å². The maximum absolute atomic E-state index is 11.8. The van der Waals surface area contributed by atoms with Gasteiger partial charge < -0.3 is 20.7 Å². The zero-order valence-electron chi connectivity index (χ0n) is 9.85. The van der Waals surface area contributed by atoms with E-state index in [4.69, 9.17) is 5.11 Å². The summed E-state index contributed by atoms with van der Waals surface area (Å²) in [6.07, 6.45) is 4.93. The summed E-state index contributed by atoms with van der Waals surface area (Å²) < 4.78 is 0. The summed E-state index contributed by atoms with van der Waals surface area (Å²) >= 11 is 0. The van der Waals surface area contributed by atoms with Crippen LogP contribution in [0.25, 0.3) is 0 Å². The Balaban J connectivity index is 1.93. The molecule has 98 valence electrons. The molecule has 1 aromatic rings. The molecule has 7 nitrogen and oxygen atoms in total. The van der Waals surface area contributed by atoms with Crippen molar-refractivity contribution in [3.05, 3.63) is 18.2 Å². The minimum absolute atomic E-state index is 0.202. The van der Waals surface area contributed by atoms with Gasteiger partial charge in [-0.15, -0.1) is 0 Å². The average molecular weight is 252 g/mol. The van der Waals surface area contributed by atoms with Crippen LogP contribution in [0.2, 0.25) is 0 Å². The van der Waals surface area contributed by atoms with Crippen LogP contribution in [0.1, 0.15) is 18.5 Å². The summed E-state index contributed by atoms with van der Waals surface area (Å²) in [7, 11) is 0. The fraction of sp³-hybridized carbons (Fsp3) is 0.545. The molecule has 0 saturated carbocycles. The monoisotopic (exact) mass is 252 g/mol. The molecule has 0 unspecified atom stereocenters. The topological polar surface area (TPSA) is 107 Å². The van der Waals surface area contributed by atoms with Gasteiger partial charge in [0, 0.05) is 18.3 Å². The SMILES string of the molecule is O=C(N[C@H](Cc1cnc[nH]1)C(=O)O)[C@@H]1CCCN1. The lowest BCUT2D eigenvalue weighted by Gasteiger charge is -2.16. The highest BCUT2D eigenvalue weighted by atomic mass is 16.4. The Bertz CT molecular complexity index is 412. The number of carboxylic acids is 1. The van der Waals surface area contributed by atoms with Crippen molar-refractivity contribution in [1.29, 1.82) is 0 Å². The highest BCUT2D eigenvalue weighted by Gasteiger charge is 2.27. The molecule has 1 fully saturated rings. The molecule has 0 radical (unpaired) electrons. The molecule has 1 amide bonds. The fourth-order valence-electron chi connectivity index (χ4n) is 2.00. The number of nitrogens with one attached hydrogen (secondary N) is 3. The molecule has 0 aromatic carbocycles. The summed E-state index contributed by atoms with van der Waals surface area (Å²) in [5.41, 5.74) is 0.682. The third-order valence-electron chi connectivity index (χ3n) is 2.97. The van der Waals surface area contributed by atoms with Gasteiger partial charge in [0.1, 0.15) is 6.04 Å². The minimum atomic E-state index is -1.05. The van der Waals surface area contributed by atoms with Crippen molar-refractivity contribution in [2.75, 3.05) is 6.54 Å². The Hall–Kier alpha value is -1.89. The number of aromatic amines is 1. The van der Waals surface area contributed by atoms with E-state index >= 15 is 0 Å². The van der Waals surface area contributed by atoms with Crippen LogP contribution in [0.4, 0.5) is 0 Å². The summed E-state index contributed by atoms with van der Waals surface area (Å²) in [6, 6.07) is -1.20. The van der Waals surface area contributed by atoms with Crippen molar-refractivity contribution < 1.29 is 14.7 Å². The zero-order chi connectivity index (χ0) is 13.0. The molecule has 7 heteroatoms. The molecule has 18 heavy (non-hydrogen) atoms. The summed E-state index contributed by atoms with van der Waals surface area (Å²) in [4.78, 5) is 29.6. The molecule has 0 spiro atoms. The first-order chi connectivity index (χ1) is 8.66. The van der Waals surface area contributed by atoms with Crippen molar-refractivity contribution in [1.82, 2.24) is 20.6 Å². The van der Waals surface area contributed by atoms with Gasteiger partial charge in [-0.2, -0.15) is 0 Å². The molecule has 4 N–H and O–H groups in total. The van der Waals surface area contributed by atoms with E-state index in [9.17, 15) is 9.59 Å². The van der Waals surface area contributed by atoms with Gasteiger partial charge in [-0.3, -0.25) is 4.79 Å². The largest absolute Gasteiger partial charge is 0.480 e. The number of amides is 1. The van der Waals surface area contributed by atoms with Crippen LogP contribution in [0, 0.1) is 0 Å². The lowest BCUT2D eigenvalue weighted by molar-refractivity contribution is -0.142. The first-order valence-electron chi connectivity index (χ1n) is 5.90. The number of aromatic nitrogens is 2. The molecule has 1 aromatic heterocycles. The number of nitrogens with zero attached hydrogens (tertiary/aromatic N) is 1. The van der Waals surface area contributed by atoms with Gasteiger partial charge in [0.2, 0.25) is 5.91 Å². The molecule has 1 saturated heterocycles. The smallest absolute Gasteiger partial charge is 0.326 e. The number of hydrogen-bond donors (Lipinski definition) is 4. The first-order valence-corrected chi connectivity index (χ1v) is 5.90. The molecule has 2 rings (SSSR count). The van der Waals surface area contributed by atoms with Gasteiger partial charge >= 0.3 is 5.97 Å². The van der Waals surface area contributed by atoms with Crippen LogP contribution >= 0.6 is 0 Å². The third kappa shape index (κ3) is 3.07. The normalized spacial score (nSPS) is 20.6. The molecule has 2 heterocycles. The second-order valence-electron chi connectivity index (χ2n) is 4.33. The van der Waals surface area contributed by atoms with Crippen molar-refractivity contribution in [3.8, 4) is 0 Å². The maximum Gasteiger partial charge on any atom is 0.326 e. The predicted octanol–water partition coefficient (Wildman–Crippen LogP) is -0.726. The predicted molar refractivity (Wildman–Crippen MR) is 62.9 cm³/mol. The van der Waals surface area contributed by atoms with Gasteiger partial charge in [-0.25, -0.2) is 9.78 Å². The Morgan fingerprint density at radius 2 is 2.44 bits per heavy atom. The number of imidazole rings is 1. The molecule has 1 aliphatic rings. The number of carbonyl (C=O) groups is 2. The molecule has 0 aliphatic carbocycles. The lowest BCUT2D eigenvalue weighted by atomic mass is 10.1. The van der Waals surface area contributed by atoms with Crippen molar-refractivity contribution in [3.63, 3.8) is 0 Å². The molecule has 0 bridgehead atoms. The van der Waals surface area contributed by atoms with Gasteiger partial charge in [0.25, 0.3) is 0 Å². The van der Waals surface area contributed by atoms with E-state index in [1.807, 2.05) is 0 Å². The highest BCUT2D eigenvalue weighted by Crippen LogP contribution is 2.06. The first kappa shape index (κ1) is 12.6. The van der Waals surface area contributed by atoms with Gasteiger partial charge in [0.05, 0.1) is 12.4 Å². The minimum Gasteiger partial charge on any atom is -0.480 e.